The van der Waals surface area contributed by atoms with Gasteiger partial charge in [-0.05, 0) is 61.4 Å². The molecule has 6 heteroatoms. The van der Waals surface area contributed by atoms with E-state index in [0.29, 0.717) is 13.2 Å². The number of anilines is 3. The molecule has 2 heterocycles. The lowest BCUT2D eigenvalue weighted by molar-refractivity contribution is -0.122. The third-order valence-corrected chi connectivity index (χ3v) is 5.81. The first-order valence-electron chi connectivity index (χ1n) is 10.4. The molecule has 1 N–H and O–H groups in total. The molecule has 0 radical (unpaired) electrons. The molecule has 0 aliphatic carbocycles. The predicted octanol–water partition coefficient (Wildman–Crippen LogP) is 3.39. The molecule has 154 valence electrons. The van der Waals surface area contributed by atoms with Gasteiger partial charge in [-0.3, -0.25) is 4.79 Å². The first-order valence-corrected chi connectivity index (χ1v) is 10.4. The van der Waals surface area contributed by atoms with Gasteiger partial charge in [-0.1, -0.05) is 0 Å². The summed E-state index contributed by atoms with van der Waals surface area (Å²) in [6.45, 7) is 5.27. The molecule has 0 spiro atoms. The van der Waals surface area contributed by atoms with Crippen LogP contribution in [-0.2, 0) is 9.53 Å². The molecule has 2 aromatic rings. The van der Waals surface area contributed by atoms with Crippen molar-refractivity contribution < 1.29 is 14.3 Å². The monoisotopic (exact) mass is 395 g/mol. The summed E-state index contributed by atoms with van der Waals surface area (Å²) in [6.07, 6.45) is 1.62. The fourth-order valence-corrected chi connectivity index (χ4v) is 3.98. The van der Waals surface area contributed by atoms with Crippen molar-refractivity contribution in [1.82, 2.24) is 0 Å². The van der Waals surface area contributed by atoms with Crippen molar-refractivity contribution in [2.75, 3.05) is 61.6 Å². The highest BCUT2D eigenvalue weighted by molar-refractivity contribution is 5.92. The van der Waals surface area contributed by atoms with Gasteiger partial charge >= 0.3 is 0 Å². The van der Waals surface area contributed by atoms with E-state index < -0.39 is 0 Å². The minimum absolute atomic E-state index is 0.0643. The van der Waals surface area contributed by atoms with E-state index in [1.54, 1.807) is 7.11 Å². The number of rotatable bonds is 5. The van der Waals surface area contributed by atoms with E-state index in [1.165, 1.54) is 11.4 Å². The van der Waals surface area contributed by atoms with Gasteiger partial charge in [-0.2, -0.15) is 0 Å². The molecule has 2 aliphatic heterocycles. The standard InChI is InChI=1S/C23H29N3O3/c1-28-22-8-6-21(7-9-22)26-14-12-25(13-15-26)20-4-2-19(3-5-20)24-23(27)18-10-16-29-17-11-18/h2-9,18H,10-17H2,1H3,(H,24,27). The highest BCUT2D eigenvalue weighted by Crippen LogP contribution is 2.24. The fourth-order valence-electron chi connectivity index (χ4n) is 3.98. The van der Waals surface area contributed by atoms with E-state index in [9.17, 15) is 4.79 Å². The Hall–Kier alpha value is -2.73. The number of carbonyl (C=O) groups excluding carboxylic acids is 1. The number of hydrogen-bond donors (Lipinski definition) is 1. The zero-order valence-corrected chi connectivity index (χ0v) is 17.0. The lowest BCUT2D eigenvalue weighted by atomic mass is 9.99. The summed E-state index contributed by atoms with van der Waals surface area (Å²) in [7, 11) is 1.69. The Morgan fingerprint density at radius 3 is 1.93 bits per heavy atom. The van der Waals surface area contributed by atoms with Crippen molar-refractivity contribution in [2.45, 2.75) is 12.8 Å². The third-order valence-electron chi connectivity index (χ3n) is 5.81. The minimum Gasteiger partial charge on any atom is -0.497 e. The Labute approximate surface area is 172 Å². The average molecular weight is 396 g/mol. The van der Waals surface area contributed by atoms with Crippen molar-refractivity contribution in [1.29, 1.82) is 0 Å². The number of nitrogens with one attached hydrogen (secondary N) is 1. The maximum atomic E-state index is 12.4. The normalized spacial score (nSPS) is 17.8. The van der Waals surface area contributed by atoms with E-state index in [2.05, 4.69) is 39.4 Å². The number of ether oxygens (including phenoxy) is 2. The van der Waals surface area contributed by atoms with Crippen molar-refractivity contribution in [2.24, 2.45) is 5.92 Å². The SMILES string of the molecule is COc1ccc(N2CCN(c3ccc(NC(=O)C4CCOCC4)cc3)CC2)cc1. The first-order chi connectivity index (χ1) is 14.2. The number of benzene rings is 2. The number of nitrogens with zero attached hydrogens (tertiary/aromatic N) is 2. The summed E-state index contributed by atoms with van der Waals surface area (Å²) in [5.74, 6) is 1.06. The van der Waals surface area contributed by atoms with Gasteiger partial charge in [0.2, 0.25) is 5.91 Å². The molecule has 0 saturated carbocycles. The summed E-state index contributed by atoms with van der Waals surface area (Å²) in [6, 6.07) is 16.5. The number of methoxy groups -OCH3 is 1. The lowest BCUT2D eigenvalue weighted by Crippen LogP contribution is -2.46. The fraction of sp³-hybridized carbons (Fsp3) is 0.435. The van der Waals surface area contributed by atoms with E-state index >= 15 is 0 Å². The molecule has 2 aromatic carbocycles. The highest BCUT2D eigenvalue weighted by atomic mass is 16.5. The number of amides is 1. The number of carbonyl (C=O) groups is 1. The van der Waals surface area contributed by atoms with Crippen LogP contribution in [0.1, 0.15) is 12.8 Å². The Balaban J connectivity index is 1.30. The van der Waals surface area contributed by atoms with Gasteiger partial charge in [0.15, 0.2) is 0 Å². The van der Waals surface area contributed by atoms with E-state index in [0.717, 1.165) is 50.5 Å². The molecule has 2 saturated heterocycles. The van der Waals surface area contributed by atoms with Crippen LogP contribution in [0.4, 0.5) is 17.1 Å². The summed E-state index contributed by atoms with van der Waals surface area (Å²) >= 11 is 0. The molecule has 2 fully saturated rings. The van der Waals surface area contributed by atoms with E-state index in [-0.39, 0.29) is 11.8 Å². The summed E-state index contributed by atoms with van der Waals surface area (Å²) in [4.78, 5) is 17.2. The summed E-state index contributed by atoms with van der Waals surface area (Å²) in [5.41, 5.74) is 3.29. The molecule has 29 heavy (non-hydrogen) atoms. The molecular formula is C23H29N3O3. The lowest BCUT2D eigenvalue weighted by Gasteiger charge is -2.37. The van der Waals surface area contributed by atoms with E-state index in [4.69, 9.17) is 9.47 Å². The zero-order chi connectivity index (χ0) is 20.1. The van der Waals surface area contributed by atoms with Crippen LogP contribution >= 0.6 is 0 Å². The van der Waals surface area contributed by atoms with Crippen LogP contribution in [0.2, 0.25) is 0 Å². The van der Waals surface area contributed by atoms with Gasteiger partial charge in [0.25, 0.3) is 0 Å². The Morgan fingerprint density at radius 2 is 1.41 bits per heavy atom. The molecule has 2 aliphatic rings. The van der Waals surface area contributed by atoms with Crippen LogP contribution in [-0.4, -0.2) is 52.4 Å². The van der Waals surface area contributed by atoms with Crippen LogP contribution in [0.3, 0.4) is 0 Å². The molecule has 0 aromatic heterocycles. The van der Waals surface area contributed by atoms with Gasteiger partial charge in [0.1, 0.15) is 5.75 Å². The molecule has 6 nitrogen and oxygen atoms in total. The maximum absolute atomic E-state index is 12.4. The van der Waals surface area contributed by atoms with Gasteiger partial charge in [-0.25, -0.2) is 0 Å². The van der Waals surface area contributed by atoms with E-state index in [1.807, 2.05) is 24.3 Å². The van der Waals surface area contributed by atoms with Gasteiger partial charge in [0.05, 0.1) is 7.11 Å². The maximum Gasteiger partial charge on any atom is 0.227 e. The smallest absolute Gasteiger partial charge is 0.227 e. The van der Waals surface area contributed by atoms with Gasteiger partial charge in [0, 0.05) is 62.4 Å². The molecule has 0 bridgehead atoms. The molecule has 0 atom stereocenters. The number of piperazine rings is 1. The Kier molecular flexibility index (Phi) is 6.20. The van der Waals surface area contributed by atoms with Crippen molar-refractivity contribution in [3.8, 4) is 5.75 Å². The summed E-state index contributed by atoms with van der Waals surface area (Å²) < 4.78 is 10.6. The Morgan fingerprint density at radius 1 is 0.897 bits per heavy atom. The Bertz CT molecular complexity index is 793. The topological polar surface area (TPSA) is 54.0 Å². The van der Waals surface area contributed by atoms with Crippen LogP contribution in [0, 0.1) is 5.92 Å². The first kappa shape index (κ1) is 19.6. The van der Waals surface area contributed by atoms with Crippen molar-refractivity contribution in [3.05, 3.63) is 48.5 Å². The van der Waals surface area contributed by atoms with Crippen LogP contribution in [0.5, 0.6) is 5.75 Å². The highest BCUT2D eigenvalue weighted by Gasteiger charge is 2.22. The van der Waals surface area contributed by atoms with Crippen molar-refractivity contribution >= 4 is 23.0 Å². The third kappa shape index (κ3) is 4.82. The largest absolute Gasteiger partial charge is 0.497 e. The van der Waals surface area contributed by atoms with Crippen molar-refractivity contribution in [3.63, 3.8) is 0 Å². The van der Waals surface area contributed by atoms with Gasteiger partial charge < -0.3 is 24.6 Å². The van der Waals surface area contributed by atoms with Gasteiger partial charge in [-0.15, -0.1) is 0 Å². The molecule has 4 rings (SSSR count). The molecular weight excluding hydrogens is 366 g/mol. The molecule has 0 unspecified atom stereocenters. The van der Waals surface area contributed by atoms with Crippen LogP contribution < -0.4 is 19.9 Å². The quantitative estimate of drug-likeness (QED) is 0.841. The predicted molar refractivity (Wildman–Crippen MR) is 116 cm³/mol. The van der Waals surface area contributed by atoms with Crippen LogP contribution in [0.25, 0.3) is 0 Å². The summed E-state index contributed by atoms with van der Waals surface area (Å²) in [5, 5.41) is 3.05. The average Bonchev–Trinajstić information content (AvgIpc) is 2.80. The second-order valence-electron chi connectivity index (χ2n) is 7.59. The number of hydrogen-bond acceptors (Lipinski definition) is 5. The van der Waals surface area contributed by atoms with Crippen LogP contribution in [0.15, 0.2) is 48.5 Å². The minimum atomic E-state index is 0.0643. The second-order valence-corrected chi connectivity index (χ2v) is 7.59. The zero-order valence-electron chi connectivity index (χ0n) is 17.0. The second kappa shape index (κ2) is 9.18. The molecule has 1 amide bonds.